The van der Waals surface area contributed by atoms with Crippen LogP contribution in [0.25, 0.3) is 0 Å². The second-order valence-corrected chi connectivity index (χ2v) is 1.79. The van der Waals surface area contributed by atoms with Crippen molar-refractivity contribution in [2.24, 2.45) is 0 Å². The predicted molar refractivity (Wildman–Crippen MR) is 41.5 cm³/mol. The Balaban J connectivity index is 3.33. The van der Waals surface area contributed by atoms with Gasteiger partial charge in [0.15, 0.2) is 6.29 Å². The van der Waals surface area contributed by atoms with Gasteiger partial charge in [-0.3, -0.25) is 0 Å². The molecule has 0 bridgehead atoms. The highest BCUT2D eigenvalue weighted by atomic mass is 16.7. The number of ether oxygens (including phenoxy) is 2. The maximum atomic E-state index is 5.04. The molecule has 2 nitrogen and oxygen atoms in total. The van der Waals surface area contributed by atoms with Crippen molar-refractivity contribution in [2.75, 3.05) is 7.11 Å². The summed E-state index contributed by atoms with van der Waals surface area (Å²) in [5.41, 5.74) is 0. The molecule has 0 rings (SSSR count). The molecule has 0 radical (unpaired) electrons. The molecule has 10 heavy (non-hydrogen) atoms. The van der Waals surface area contributed by atoms with Gasteiger partial charge in [-0.05, 0) is 19.9 Å². The predicted octanol–water partition coefficient (Wildman–Crippen LogP) is 2.09. The van der Waals surface area contributed by atoms with E-state index in [1.54, 1.807) is 13.4 Å². The summed E-state index contributed by atoms with van der Waals surface area (Å²) in [6, 6.07) is 0. The molecule has 0 aromatic rings. The van der Waals surface area contributed by atoms with Crippen LogP contribution in [0.15, 0.2) is 24.5 Å². The van der Waals surface area contributed by atoms with E-state index in [9.17, 15) is 0 Å². The average molecular weight is 142 g/mol. The fourth-order valence-electron chi connectivity index (χ4n) is 0.368. The quantitative estimate of drug-likeness (QED) is 0.340. The Bertz CT molecular complexity index is 116. The molecule has 0 heterocycles. The van der Waals surface area contributed by atoms with E-state index >= 15 is 0 Å². The summed E-state index contributed by atoms with van der Waals surface area (Å²) >= 11 is 0. The third-order valence-electron chi connectivity index (χ3n) is 0.984. The van der Waals surface area contributed by atoms with Crippen LogP contribution in [0.5, 0.6) is 0 Å². The van der Waals surface area contributed by atoms with Crippen LogP contribution < -0.4 is 0 Å². The molecule has 0 N–H and O–H groups in total. The van der Waals surface area contributed by atoms with Gasteiger partial charge < -0.3 is 9.47 Å². The van der Waals surface area contributed by atoms with Crippen molar-refractivity contribution in [3.05, 3.63) is 24.5 Å². The Hall–Kier alpha value is -0.760. The lowest BCUT2D eigenvalue weighted by atomic mass is 10.5. The monoisotopic (exact) mass is 142 g/mol. The molecule has 0 spiro atoms. The van der Waals surface area contributed by atoms with E-state index in [-0.39, 0.29) is 6.29 Å². The zero-order chi connectivity index (χ0) is 7.82. The van der Waals surface area contributed by atoms with Gasteiger partial charge in [-0.1, -0.05) is 12.2 Å². The van der Waals surface area contributed by atoms with Crippen LogP contribution in [0.4, 0.5) is 0 Å². The van der Waals surface area contributed by atoms with Gasteiger partial charge in [0, 0.05) is 7.11 Å². The van der Waals surface area contributed by atoms with Gasteiger partial charge in [0.1, 0.15) is 0 Å². The Kier molecular flexibility index (Phi) is 5.88. The normalized spacial score (nSPS) is 14.7. The van der Waals surface area contributed by atoms with Gasteiger partial charge in [0.2, 0.25) is 0 Å². The van der Waals surface area contributed by atoms with Crippen LogP contribution in [0, 0.1) is 0 Å². The fourth-order valence-corrected chi connectivity index (χ4v) is 0.368. The van der Waals surface area contributed by atoms with E-state index in [1.807, 2.05) is 32.1 Å². The summed E-state index contributed by atoms with van der Waals surface area (Å²) in [6.07, 6.45) is 7.07. The minimum absolute atomic E-state index is 0.165. The van der Waals surface area contributed by atoms with Crippen molar-refractivity contribution >= 4 is 0 Å². The van der Waals surface area contributed by atoms with E-state index < -0.39 is 0 Å². The minimum atomic E-state index is -0.165. The number of methoxy groups -OCH3 is 1. The molecule has 0 aliphatic heterocycles. The maximum Gasteiger partial charge on any atom is 0.195 e. The highest BCUT2D eigenvalue weighted by Crippen LogP contribution is 1.90. The molecule has 1 atom stereocenters. The average Bonchev–Trinajstić information content (AvgIpc) is 1.98. The summed E-state index contributed by atoms with van der Waals surface area (Å²) < 4.78 is 9.87. The van der Waals surface area contributed by atoms with Crippen molar-refractivity contribution in [3.63, 3.8) is 0 Å². The second kappa shape index (κ2) is 6.36. The molecule has 0 fully saturated rings. The van der Waals surface area contributed by atoms with Crippen LogP contribution >= 0.6 is 0 Å². The van der Waals surface area contributed by atoms with Crippen LogP contribution in [0.3, 0.4) is 0 Å². The van der Waals surface area contributed by atoms with Gasteiger partial charge in [-0.15, -0.1) is 0 Å². The molecule has 0 amide bonds. The van der Waals surface area contributed by atoms with Crippen LogP contribution in [0.1, 0.15) is 13.8 Å². The number of hydrogen-bond acceptors (Lipinski definition) is 2. The molecular weight excluding hydrogens is 128 g/mol. The Morgan fingerprint density at radius 3 is 2.50 bits per heavy atom. The first-order chi connectivity index (χ1) is 4.81. The van der Waals surface area contributed by atoms with Crippen molar-refractivity contribution in [1.82, 2.24) is 0 Å². The van der Waals surface area contributed by atoms with Crippen molar-refractivity contribution < 1.29 is 9.47 Å². The standard InChI is InChI=1S/C8H14O2/c1-4-5-6-7-10-8(2)9-3/h4-8H,1-3H3. The van der Waals surface area contributed by atoms with E-state index in [1.165, 1.54) is 0 Å². The first-order valence-electron chi connectivity index (χ1n) is 3.27. The molecule has 0 aromatic heterocycles. The Morgan fingerprint density at radius 2 is 2.00 bits per heavy atom. The van der Waals surface area contributed by atoms with Gasteiger partial charge in [0.05, 0.1) is 6.26 Å². The summed E-state index contributed by atoms with van der Waals surface area (Å²) in [7, 11) is 1.61. The third kappa shape index (κ3) is 5.38. The molecule has 0 saturated heterocycles. The Morgan fingerprint density at radius 1 is 1.30 bits per heavy atom. The summed E-state index contributed by atoms with van der Waals surface area (Å²) in [6.45, 7) is 3.78. The van der Waals surface area contributed by atoms with Gasteiger partial charge in [-0.2, -0.15) is 0 Å². The first-order valence-corrected chi connectivity index (χ1v) is 3.27. The molecule has 0 aromatic carbocycles. The molecule has 0 aliphatic carbocycles. The number of hydrogen-bond donors (Lipinski definition) is 0. The SMILES string of the molecule is CC=CC=COC(C)OC. The van der Waals surface area contributed by atoms with Crippen LogP contribution in [-0.4, -0.2) is 13.4 Å². The van der Waals surface area contributed by atoms with Gasteiger partial charge in [0.25, 0.3) is 0 Å². The van der Waals surface area contributed by atoms with Crippen LogP contribution in [-0.2, 0) is 9.47 Å². The molecule has 0 saturated carbocycles. The minimum Gasteiger partial charge on any atom is -0.473 e. The zero-order valence-corrected chi connectivity index (χ0v) is 6.70. The maximum absolute atomic E-state index is 5.04. The number of allylic oxidation sites excluding steroid dienone is 3. The lowest BCUT2D eigenvalue weighted by Gasteiger charge is -2.06. The molecular formula is C8H14O2. The van der Waals surface area contributed by atoms with Crippen molar-refractivity contribution in [2.45, 2.75) is 20.1 Å². The highest BCUT2D eigenvalue weighted by Gasteiger charge is 1.91. The molecule has 2 heteroatoms. The number of rotatable bonds is 4. The lowest BCUT2D eigenvalue weighted by Crippen LogP contribution is -2.05. The molecule has 58 valence electrons. The topological polar surface area (TPSA) is 18.5 Å². The summed E-state index contributed by atoms with van der Waals surface area (Å²) in [5, 5.41) is 0. The van der Waals surface area contributed by atoms with Crippen molar-refractivity contribution in [3.8, 4) is 0 Å². The largest absolute Gasteiger partial charge is 0.473 e. The lowest BCUT2D eigenvalue weighted by molar-refractivity contribution is -0.0677. The van der Waals surface area contributed by atoms with Gasteiger partial charge in [-0.25, -0.2) is 0 Å². The van der Waals surface area contributed by atoms with Crippen LogP contribution in [0.2, 0.25) is 0 Å². The van der Waals surface area contributed by atoms with E-state index in [4.69, 9.17) is 9.47 Å². The Labute approximate surface area is 62.1 Å². The van der Waals surface area contributed by atoms with Gasteiger partial charge >= 0.3 is 0 Å². The first kappa shape index (κ1) is 9.24. The molecule has 1 unspecified atom stereocenters. The van der Waals surface area contributed by atoms with E-state index in [0.717, 1.165) is 0 Å². The second-order valence-electron chi connectivity index (χ2n) is 1.79. The smallest absolute Gasteiger partial charge is 0.195 e. The fraction of sp³-hybridized carbons (Fsp3) is 0.500. The summed E-state index contributed by atoms with van der Waals surface area (Å²) in [5.74, 6) is 0. The van der Waals surface area contributed by atoms with E-state index in [2.05, 4.69) is 0 Å². The highest BCUT2D eigenvalue weighted by molar-refractivity contribution is 4.97. The summed E-state index contributed by atoms with van der Waals surface area (Å²) in [4.78, 5) is 0. The zero-order valence-electron chi connectivity index (χ0n) is 6.70. The molecule has 0 aliphatic rings. The van der Waals surface area contributed by atoms with E-state index in [0.29, 0.717) is 0 Å². The third-order valence-corrected chi connectivity index (χ3v) is 0.984. The van der Waals surface area contributed by atoms with Crippen molar-refractivity contribution in [1.29, 1.82) is 0 Å².